The first-order valence-corrected chi connectivity index (χ1v) is 6.95. The molecule has 2 rings (SSSR count). The Bertz CT molecular complexity index is 513. The highest BCUT2D eigenvalue weighted by Crippen LogP contribution is 2.43. The number of fused-ring (bicyclic) bond motifs is 1. The fraction of sp³-hybridized carbons (Fsp3) is 0.533. The van der Waals surface area contributed by atoms with Crippen LogP contribution in [-0.4, -0.2) is 16.8 Å². The Hall–Kier alpha value is -1.09. The van der Waals surface area contributed by atoms with Crippen LogP contribution >= 0.6 is 11.6 Å². The van der Waals surface area contributed by atoms with E-state index in [2.05, 4.69) is 6.92 Å². The Labute approximate surface area is 118 Å². The molecule has 0 N–H and O–H groups in total. The van der Waals surface area contributed by atoms with Crippen LogP contribution in [0, 0.1) is 5.82 Å². The summed E-state index contributed by atoms with van der Waals surface area (Å²) in [6.45, 7) is 7.77. The van der Waals surface area contributed by atoms with Crippen LogP contribution in [0.1, 0.15) is 45.6 Å². The van der Waals surface area contributed by atoms with Crippen molar-refractivity contribution in [3.05, 3.63) is 29.6 Å². The van der Waals surface area contributed by atoms with Crippen LogP contribution in [0.25, 0.3) is 0 Å². The molecule has 1 aromatic rings. The van der Waals surface area contributed by atoms with Gasteiger partial charge in [-0.05, 0) is 56.9 Å². The zero-order chi connectivity index (χ0) is 14.4. The Kier molecular flexibility index (Phi) is 3.61. The molecule has 0 aliphatic carbocycles. The van der Waals surface area contributed by atoms with Crippen LogP contribution in [0.5, 0.6) is 0 Å². The van der Waals surface area contributed by atoms with Crippen molar-refractivity contribution in [1.29, 1.82) is 0 Å². The highest BCUT2D eigenvalue weighted by atomic mass is 35.5. The van der Waals surface area contributed by atoms with Crippen LogP contribution < -0.4 is 4.90 Å². The van der Waals surface area contributed by atoms with Gasteiger partial charge in [-0.1, -0.05) is 6.92 Å². The van der Waals surface area contributed by atoms with E-state index < -0.39 is 5.38 Å². The second kappa shape index (κ2) is 4.78. The molecule has 1 amide bonds. The van der Waals surface area contributed by atoms with E-state index in [-0.39, 0.29) is 23.2 Å². The van der Waals surface area contributed by atoms with Gasteiger partial charge in [0.1, 0.15) is 11.2 Å². The minimum atomic E-state index is -0.592. The number of carbonyl (C=O) groups excluding carboxylic acids is 1. The van der Waals surface area contributed by atoms with Crippen molar-refractivity contribution in [3.8, 4) is 0 Å². The van der Waals surface area contributed by atoms with E-state index >= 15 is 0 Å². The summed E-state index contributed by atoms with van der Waals surface area (Å²) in [7, 11) is 0. The zero-order valence-electron chi connectivity index (χ0n) is 11.7. The molecule has 0 radical (unpaired) electrons. The van der Waals surface area contributed by atoms with Crippen LogP contribution in [0.3, 0.4) is 0 Å². The summed E-state index contributed by atoms with van der Waals surface area (Å²) >= 11 is 5.96. The minimum absolute atomic E-state index is 0.133. The van der Waals surface area contributed by atoms with Crippen LogP contribution in [0.4, 0.5) is 10.1 Å². The number of nitrogens with zero attached hydrogens (tertiary/aromatic N) is 1. The Morgan fingerprint density at radius 3 is 2.74 bits per heavy atom. The van der Waals surface area contributed by atoms with Crippen molar-refractivity contribution in [2.45, 2.75) is 50.9 Å². The molecular weight excluding hydrogens is 265 g/mol. The first-order chi connectivity index (χ1) is 8.74. The smallest absolute Gasteiger partial charge is 0.245 e. The summed E-state index contributed by atoms with van der Waals surface area (Å²) in [6.07, 6.45) is 0.790. The van der Waals surface area contributed by atoms with Gasteiger partial charge < -0.3 is 4.90 Å². The summed E-state index contributed by atoms with van der Waals surface area (Å²) < 4.78 is 13.4. The first-order valence-electron chi connectivity index (χ1n) is 6.51. The standard InChI is InChI=1S/C15H19ClFNO/c1-9-8-15(3,4)18(14(19)10(2)16)13-6-5-11(17)7-12(9)13/h5-7,9-10H,8H2,1-4H3/t9-,10-/m1/s1. The van der Waals surface area contributed by atoms with E-state index in [0.29, 0.717) is 0 Å². The predicted octanol–water partition coefficient (Wildman–Crippen LogP) is 4.07. The molecule has 0 unspecified atom stereocenters. The number of halogens is 2. The molecule has 2 nitrogen and oxygen atoms in total. The van der Waals surface area contributed by atoms with Crippen LogP contribution in [-0.2, 0) is 4.79 Å². The molecule has 1 aliphatic heterocycles. The lowest BCUT2D eigenvalue weighted by Crippen LogP contribution is -2.53. The van der Waals surface area contributed by atoms with Crippen molar-refractivity contribution >= 4 is 23.2 Å². The maximum atomic E-state index is 13.4. The summed E-state index contributed by atoms with van der Waals surface area (Å²) in [5.74, 6) is -0.182. The van der Waals surface area contributed by atoms with Gasteiger partial charge in [-0.25, -0.2) is 4.39 Å². The molecule has 19 heavy (non-hydrogen) atoms. The molecule has 4 heteroatoms. The number of alkyl halides is 1. The molecule has 1 aliphatic rings. The number of hydrogen-bond acceptors (Lipinski definition) is 1. The lowest BCUT2D eigenvalue weighted by Gasteiger charge is -2.46. The number of rotatable bonds is 1. The molecule has 1 aromatic carbocycles. The van der Waals surface area contributed by atoms with Gasteiger partial charge in [-0.2, -0.15) is 0 Å². The number of hydrogen-bond donors (Lipinski definition) is 0. The van der Waals surface area contributed by atoms with E-state index in [1.165, 1.54) is 12.1 Å². The summed E-state index contributed by atoms with van der Waals surface area (Å²) in [4.78, 5) is 14.1. The Morgan fingerprint density at radius 2 is 2.16 bits per heavy atom. The van der Waals surface area contributed by atoms with Gasteiger partial charge in [0.15, 0.2) is 0 Å². The molecule has 104 valence electrons. The van der Waals surface area contributed by atoms with Crippen molar-refractivity contribution in [3.63, 3.8) is 0 Å². The van der Waals surface area contributed by atoms with Crippen LogP contribution in [0.15, 0.2) is 18.2 Å². The molecule has 0 bridgehead atoms. The fourth-order valence-corrected chi connectivity index (χ4v) is 3.09. The highest BCUT2D eigenvalue weighted by Gasteiger charge is 2.40. The lowest BCUT2D eigenvalue weighted by atomic mass is 9.80. The minimum Gasteiger partial charge on any atom is -0.305 e. The molecule has 0 saturated carbocycles. The van der Waals surface area contributed by atoms with Crippen molar-refractivity contribution in [2.75, 3.05) is 4.90 Å². The molecule has 0 saturated heterocycles. The maximum absolute atomic E-state index is 13.4. The zero-order valence-corrected chi connectivity index (χ0v) is 12.5. The summed E-state index contributed by atoms with van der Waals surface area (Å²) in [5, 5.41) is -0.592. The average Bonchev–Trinajstić information content (AvgIpc) is 2.28. The molecule has 0 spiro atoms. The summed E-state index contributed by atoms with van der Waals surface area (Å²) in [5.41, 5.74) is 1.34. The van der Waals surface area contributed by atoms with Crippen molar-refractivity contribution in [1.82, 2.24) is 0 Å². The first kappa shape index (κ1) is 14.3. The van der Waals surface area contributed by atoms with E-state index in [9.17, 15) is 9.18 Å². The maximum Gasteiger partial charge on any atom is 0.245 e. The topological polar surface area (TPSA) is 20.3 Å². The second-order valence-corrected chi connectivity index (χ2v) is 6.57. The van der Waals surface area contributed by atoms with Crippen molar-refractivity contribution < 1.29 is 9.18 Å². The SMILES string of the molecule is C[C@@H]1CC(C)(C)N(C(=O)[C@@H](C)Cl)c2ccc(F)cc21. The predicted molar refractivity (Wildman–Crippen MR) is 76.3 cm³/mol. The Balaban J connectivity index is 2.58. The number of carbonyl (C=O) groups is 1. The van der Waals surface area contributed by atoms with Gasteiger partial charge in [-0.15, -0.1) is 11.6 Å². The third-order valence-electron chi connectivity index (χ3n) is 3.73. The Morgan fingerprint density at radius 1 is 1.53 bits per heavy atom. The lowest BCUT2D eigenvalue weighted by molar-refractivity contribution is -0.119. The van der Waals surface area contributed by atoms with Gasteiger partial charge in [-0.3, -0.25) is 4.79 Å². The monoisotopic (exact) mass is 283 g/mol. The fourth-order valence-electron chi connectivity index (χ4n) is 3.00. The van der Waals surface area contributed by atoms with Gasteiger partial charge >= 0.3 is 0 Å². The number of anilines is 1. The van der Waals surface area contributed by atoms with Gasteiger partial charge in [0.05, 0.1) is 0 Å². The van der Waals surface area contributed by atoms with E-state index in [0.717, 1.165) is 17.7 Å². The highest BCUT2D eigenvalue weighted by molar-refractivity contribution is 6.32. The largest absolute Gasteiger partial charge is 0.305 e. The van der Waals surface area contributed by atoms with Gasteiger partial charge in [0, 0.05) is 11.2 Å². The second-order valence-electron chi connectivity index (χ2n) is 5.91. The van der Waals surface area contributed by atoms with E-state index in [1.807, 2.05) is 13.8 Å². The van der Waals surface area contributed by atoms with Crippen molar-refractivity contribution in [2.24, 2.45) is 0 Å². The molecular formula is C15H19ClFNO. The average molecular weight is 284 g/mol. The molecule has 1 heterocycles. The van der Waals surface area contributed by atoms with Gasteiger partial charge in [0.25, 0.3) is 0 Å². The number of amides is 1. The quantitative estimate of drug-likeness (QED) is 0.712. The summed E-state index contributed by atoms with van der Waals surface area (Å²) in [6, 6.07) is 4.60. The third kappa shape index (κ3) is 2.48. The van der Waals surface area contributed by atoms with Crippen LogP contribution in [0.2, 0.25) is 0 Å². The van der Waals surface area contributed by atoms with E-state index in [1.54, 1.807) is 17.9 Å². The molecule has 0 aromatic heterocycles. The number of benzene rings is 1. The molecule has 0 fully saturated rings. The van der Waals surface area contributed by atoms with E-state index in [4.69, 9.17) is 11.6 Å². The normalized spacial score (nSPS) is 22.8. The third-order valence-corrected chi connectivity index (χ3v) is 3.92. The molecule has 2 atom stereocenters. The van der Waals surface area contributed by atoms with Gasteiger partial charge in [0.2, 0.25) is 5.91 Å².